The summed E-state index contributed by atoms with van der Waals surface area (Å²) in [6, 6.07) is 10.3. The summed E-state index contributed by atoms with van der Waals surface area (Å²) < 4.78 is 0. The molecule has 0 unspecified atom stereocenters. The molecule has 0 saturated heterocycles. The van der Waals surface area contributed by atoms with Gasteiger partial charge in [0.2, 0.25) is 5.91 Å². The Morgan fingerprint density at radius 3 is 2.27 bits per heavy atom. The lowest BCUT2D eigenvalue weighted by atomic mass is 10.0. The molecular formula is C21H31N3OS. The molecular weight excluding hydrogens is 342 g/mol. The molecule has 2 rings (SSSR count). The first kappa shape index (κ1) is 20.5. The van der Waals surface area contributed by atoms with Crippen LogP contribution in [-0.4, -0.2) is 48.4 Å². The van der Waals surface area contributed by atoms with E-state index in [1.807, 2.05) is 45.0 Å². The third-order valence-corrected chi connectivity index (χ3v) is 5.46. The van der Waals surface area contributed by atoms with Crippen LogP contribution in [0.5, 0.6) is 0 Å². The van der Waals surface area contributed by atoms with Crippen molar-refractivity contribution < 1.29 is 4.79 Å². The topological polar surface area (TPSA) is 35.6 Å². The first-order chi connectivity index (χ1) is 12.2. The highest BCUT2D eigenvalue weighted by atomic mass is 32.1. The molecule has 0 aliphatic carbocycles. The molecule has 1 N–H and O–H groups in total. The van der Waals surface area contributed by atoms with Gasteiger partial charge in [-0.2, -0.15) is 0 Å². The number of thiophene rings is 1. The maximum atomic E-state index is 13.3. The minimum Gasteiger partial charge on any atom is -0.372 e. The standard InChI is InChI=1S/C21H31N3OS/c1-16-7-9-18(10-8-16)22-21(3,4)20(25)24(13-12-23(5)6)15-19-17(2)11-14-26-19/h7-11,14,22H,12-13,15H2,1-6H3. The number of carbonyl (C=O) groups excluding carboxylic acids is 1. The maximum absolute atomic E-state index is 13.3. The molecule has 4 nitrogen and oxygen atoms in total. The second-order valence-electron chi connectivity index (χ2n) is 7.67. The Balaban J connectivity index is 2.16. The Morgan fingerprint density at radius 2 is 1.73 bits per heavy atom. The highest BCUT2D eigenvalue weighted by Gasteiger charge is 2.32. The molecule has 26 heavy (non-hydrogen) atoms. The van der Waals surface area contributed by atoms with Crippen LogP contribution in [0.3, 0.4) is 0 Å². The van der Waals surface area contributed by atoms with Crippen molar-refractivity contribution in [3.8, 4) is 0 Å². The Morgan fingerprint density at radius 1 is 1.08 bits per heavy atom. The van der Waals surface area contributed by atoms with Crippen molar-refractivity contribution in [2.24, 2.45) is 0 Å². The SMILES string of the molecule is Cc1ccc(NC(C)(C)C(=O)N(CCN(C)C)Cc2sccc2C)cc1. The molecule has 1 heterocycles. The van der Waals surface area contributed by atoms with E-state index in [-0.39, 0.29) is 5.91 Å². The highest BCUT2D eigenvalue weighted by Crippen LogP contribution is 2.22. The van der Waals surface area contributed by atoms with Gasteiger partial charge in [-0.25, -0.2) is 0 Å². The molecule has 0 radical (unpaired) electrons. The van der Waals surface area contributed by atoms with Gasteiger partial charge in [0.1, 0.15) is 5.54 Å². The molecule has 2 aromatic rings. The summed E-state index contributed by atoms with van der Waals surface area (Å²) in [5, 5.41) is 5.50. The van der Waals surface area contributed by atoms with Crippen molar-refractivity contribution in [2.75, 3.05) is 32.5 Å². The fourth-order valence-electron chi connectivity index (χ4n) is 2.76. The lowest BCUT2D eigenvalue weighted by Gasteiger charge is -2.34. The quantitative estimate of drug-likeness (QED) is 0.755. The summed E-state index contributed by atoms with van der Waals surface area (Å²) in [6.07, 6.45) is 0. The van der Waals surface area contributed by atoms with Crippen LogP contribution in [0.25, 0.3) is 0 Å². The third-order valence-electron chi connectivity index (χ3n) is 4.45. The maximum Gasteiger partial charge on any atom is 0.248 e. The summed E-state index contributed by atoms with van der Waals surface area (Å²) in [4.78, 5) is 18.7. The van der Waals surface area contributed by atoms with E-state index in [9.17, 15) is 4.79 Å². The molecule has 142 valence electrons. The summed E-state index contributed by atoms with van der Waals surface area (Å²) in [6.45, 7) is 10.3. The van der Waals surface area contributed by atoms with Crippen LogP contribution in [0.4, 0.5) is 5.69 Å². The van der Waals surface area contributed by atoms with Crippen LogP contribution in [0.1, 0.15) is 29.9 Å². The Kier molecular flexibility index (Phi) is 6.84. The van der Waals surface area contributed by atoms with E-state index >= 15 is 0 Å². The number of rotatable bonds is 8. The second-order valence-corrected chi connectivity index (χ2v) is 8.67. The van der Waals surface area contributed by atoms with Crippen molar-refractivity contribution in [1.29, 1.82) is 0 Å². The molecule has 0 saturated carbocycles. The Bertz CT molecular complexity index is 719. The van der Waals surface area contributed by atoms with Crippen LogP contribution in [0, 0.1) is 13.8 Å². The van der Waals surface area contributed by atoms with Gasteiger partial charge < -0.3 is 15.1 Å². The van der Waals surface area contributed by atoms with Crippen molar-refractivity contribution in [3.63, 3.8) is 0 Å². The van der Waals surface area contributed by atoms with Gasteiger partial charge in [-0.1, -0.05) is 17.7 Å². The zero-order chi connectivity index (χ0) is 19.3. The Hall–Kier alpha value is -1.85. The highest BCUT2D eigenvalue weighted by molar-refractivity contribution is 7.10. The lowest BCUT2D eigenvalue weighted by molar-refractivity contribution is -0.135. The number of likely N-dealkylation sites (N-methyl/N-ethyl adjacent to an activating group) is 1. The predicted octanol–water partition coefficient (Wildman–Crippen LogP) is 4.15. The molecule has 0 aliphatic rings. The molecule has 0 atom stereocenters. The van der Waals surface area contributed by atoms with Crippen LogP contribution in [0.15, 0.2) is 35.7 Å². The zero-order valence-electron chi connectivity index (χ0n) is 16.8. The van der Waals surface area contributed by atoms with Gasteiger partial charge in [0.05, 0.1) is 6.54 Å². The number of carbonyl (C=O) groups is 1. The number of hydrogen-bond acceptors (Lipinski definition) is 4. The average Bonchev–Trinajstić information content (AvgIpc) is 2.97. The number of benzene rings is 1. The predicted molar refractivity (Wildman–Crippen MR) is 112 cm³/mol. The third kappa shape index (κ3) is 5.58. The summed E-state index contributed by atoms with van der Waals surface area (Å²) in [5.74, 6) is 0.118. The fourth-order valence-corrected chi connectivity index (χ4v) is 3.68. The van der Waals surface area contributed by atoms with Gasteiger partial charge >= 0.3 is 0 Å². The number of nitrogens with zero attached hydrogens (tertiary/aromatic N) is 2. The molecule has 0 aliphatic heterocycles. The smallest absolute Gasteiger partial charge is 0.248 e. The summed E-state index contributed by atoms with van der Waals surface area (Å²) in [7, 11) is 4.07. The fraction of sp³-hybridized carbons (Fsp3) is 0.476. The van der Waals surface area contributed by atoms with Crippen LogP contribution >= 0.6 is 11.3 Å². The van der Waals surface area contributed by atoms with E-state index < -0.39 is 5.54 Å². The number of hydrogen-bond donors (Lipinski definition) is 1. The summed E-state index contributed by atoms with van der Waals surface area (Å²) in [5.41, 5.74) is 2.75. The minimum absolute atomic E-state index is 0.118. The zero-order valence-corrected chi connectivity index (χ0v) is 17.6. The number of amides is 1. The van der Waals surface area contributed by atoms with Crippen LogP contribution < -0.4 is 5.32 Å². The van der Waals surface area contributed by atoms with E-state index in [2.05, 4.69) is 47.6 Å². The van der Waals surface area contributed by atoms with E-state index in [1.54, 1.807) is 11.3 Å². The van der Waals surface area contributed by atoms with Gasteiger partial charge in [-0.3, -0.25) is 4.79 Å². The lowest BCUT2D eigenvalue weighted by Crippen LogP contribution is -2.51. The van der Waals surface area contributed by atoms with Crippen molar-refractivity contribution in [1.82, 2.24) is 9.80 Å². The van der Waals surface area contributed by atoms with Crippen molar-refractivity contribution in [2.45, 2.75) is 39.8 Å². The number of aryl methyl sites for hydroxylation is 2. The Labute approximate surface area is 161 Å². The van der Waals surface area contributed by atoms with Gasteiger partial charge in [0.25, 0.3) is 0 Å². The van der Waals surface area contributed by atoms with Crippen LogP contribution in [0.2, 0.25) is 0 Å². The molecule has 5 heteroatoms. The van der Waals surface area contributed by atoms with Crippen molar-refractivity contribution in [3.05, 3.63) is 51.7 Å². The molecule has 1 aromatic heterocycles. The van der Waals surface area contributed by atoms with E-state index in [0.29, 0.717) is 13.1 Å². The average molecular weight is 374 g/mol. The van der Waals surface area contributed by atoms with E-state index in [1.165, 1.54) is 16.0 Å². The number of anilines is 1. The van der Waals surface area contributed by atoms with E-state index in [0.717, 1.165) is 12.2 Å². The van der Waals surface area contributed by atoms with Crippen LogP contribution in [-0.2, 0) is 11.3 Å². The normalized spacial score (nSPS) is 11.7. The largest absolute Gasteiger partial charge is 0.372 e. The first-order valence-corrected chi connectivity index (χ1v) is 9.89. The molecule has 0 fully saturated rings. The van der Waals surface area contributed by atoms with Gasteiger partial charge in [0, 0.05) is 23.7 Å². The van der Waals surface area contributed by atoms with Gasteiger partial charge in [-0.05, 0) is 70.9 Å². The van der Waals surface area contributed by atoms with Gasteiger partial charge in [0.15, 0.2) is 0 Å². The van der Waals surface area contributed by atoms with Gasteiger partial charge in [-0.15, -0.1) is 11.3 Å². The molecule has 1 amide bonds. The molecule has 0 bridgehead atoms. The minimum atomic E-state index is -0.674. The van der Waals surface area contributed by atoms with E-state index in [4.69, 9.17) is 0 Å². The number of nitrogens with one attached hydrogen (secondary N) is 1. The summed E-state index contributed by atoms with van der Waals surface area (Å²) >= 11 is 1.72. The van der Waals surface area contributed by atoms with Crippen molar-refractivity contribution >= 4 is 22.9 Å². The molecule has 1 aromatic carbocycles. The second kappa shape index (κ2) is 8.69. The molecule has 0 spiro atoms. The monoisotopic (exact) mass is 373 g/mol. The first-order valence-electron chi connectivity index (χ1n) is 9.01.